The SMILES string of the molecule is CCN(CC)C(CO)CCCc1ccccc1[N+](=O)[O-]. The molecule has 112 valence electrons. The standard InChI is InChI=1S/C15H24N2O3/c1-3-16(4-2)14(12-18)10-7-9-13-8-5-6-11-15(13)17(19)20/h5-6,8,11,14,18H,3-4,7,9-10,12H2,1-2H3. The van der Waals surface area contributed by atoms with Crippen LogP contribution in [0.25, 0.3) is 0 Å². The maximum absolute atomic E-state index is 10.9. The van der Waals surface area contributed by atoms with Crippen LogP contribution in [0, 0.1) is 10.1 Å². The van der Waals surface area contributed by atoms with Gasteiger partial charge in [-0.25, -0.2) is 0 Å². The molecular weight excluding hydrogens is 256 g/mol. The van der Waals surface area contributed by atoms with Gasteiger partial charge in [-0.3, -0.25) is 15.0 Å². The largest absolute Gasteiger partial charge is 0.395 e. The lowest BCUT2D eigenvalue weighted by atomic mass is 10.0. The maximum Gasteiger partial charge on any atom is 0.272 e. The van der Waals surface area contributed by atoms with Gasteiger partial charge < -0.3 is 5.11 Å². The Bertz CT molecular complexity index is 419. The molecule has 0 bridgehead atoms. The predicted octanol–water partition coefficient (Wildman–Crippen LogP) is 2.62. The van der Waals surface area contributed by atoms with E-state index in [1.165, 1.54) is 0 Å². The van der Waals surface area contributed by atoms with Gasteiger partial charge in [0.2, 0.25) is 0 Å². The molecule has 1 unspecified atom stereocenters. The van der Waals surface area contributed by atoms with Gasteiger partial charge in [-0.05, 0) is 32.4 Å². The number of hydrogen-bond donors (Lipinski definition) is 1. The van der Waals surface area contributed by atoms with E-state index in [2.05, 4.69) is 18.7 Å². The summed E-state index contributed by atoms with van der Waals surface area (Å²) in [5.41, 5.74) is 0.963. The minimum atomic E-state index is -0.330. The van der Waals surface area contributed by atoms with Crippen LogP contribution in [0.3, 0.4) is 0 Å². The average Bonchev–Trinajstić information content (AvgIpc) is 2.47. The fourth-order valence-corrected chi connectivity index (χ4v) is 2.56. The van der Waals surface area contributed by atoms with E-state index in [4.69, 9.17) is 0 Å². The summed E-state index contributed by atoms with van der Waals surface area (Å²) in [5.74, 6) is 0. The number of nitrogens with zero attached hydrogens (tertiary/aromatic N) is 2. The summed E-state index contributed by atoms with van der Waals surface area (Å²) in [6, 6.07) is 7.02. The fraction of sp³-hybridized carbons (Fsp3) is 0.600. The summed E-state index contributed by atoms with van der Waals surface area (Å²) < 4.78 is 0. The molecule has 0 fully saturated rings. The molecular formula is C15H24N2O3. The number of rotatable bonds is 9. The third kappa shape index (κ3) is 4.58. The molecule has 1 rings (SSSR count). The second kappa shape index (κ2) is 8.66. The molecule has 0 aromatic heterocycles. The smallest absolute Gasteiger partial charge is 0.272 e. The zero-order chi connectivity index (χ0) is 15.0. The molecule has 1 aromatic carbocycles. The lowest BCUT2D eigenvalue weighted by Gasteiger charge is -2.28. The summed E-state index contributed by atoms with van der Waals surface area (Å²) in [6.07, 6.45) is 2.37. The molecule has 0 aliphatic rings. The quantitative estimate of drug-likeness (QED) is 0.558. The number of aliphatic hydroxyl groups is 1. The maximum atomic E-state index is 10.9. The molecule has 1 N–H and O–H groups in total. The molecule has 0 heterocycles. The van der Waals surface area contributed by atoms with Crippen molar-refractivity contribution in [1.29, 1.82) is 0 Å². The van der Waals surface area contributed by atoms with Crippen molar-refractivity contribution in [3.05, 3.63) is 39.9 Å². The van der Waals surface area contributed by atoms with E-state index in [9.17, 15) is 15.2 Å². The van der Waals surface area contributed by atoms with E-state index in [1.54, 1.807) is 12.1 Å². The van der Waals surface area contributed by atoms with Crippen molar-refractivity contribution in [2.75, 3.05) is 19.7 Å². The van der Waals surface area contributed by atoms with Gasteiger partial charge in [0.1, 0.15) is 0 Å². The fourth-order valence-electron chi connectivity index (χ4n) is 2.56. The third-order valence-electron chi connectivity index (χ3n) is 3.71. The molecule has 0 aliphatic heterocycles. The topological polar surface area (TPSA) is 66.6 Å². The van der Waals surface area contributed by atoms with Crippen LogP contribution in [0.4, 0.5) is 5.69 Å². The molecule has 0 saturated heterocycles. The number of aryl methyl sites for hydroxylation is 1. The van der Waals surface area contributed by atoms with Crippen LogP contribution in [0.2, 0.25) is 0 Å². The number of para-hydroxylation sites is 1. The van der Waals surface area contributed by atoms with E-state index in [1.807, 2.05) is 12.1 Å². The molecule has 5 heteroatoms. The van der Waals surface area contributed by atoms with Gasteiger partial charge >= 0.3 is 0 Å². The molecule has 0 spiro atoms. The Labute approximate surface area is 120 Å². The summed E-state index contributed by atoms with van der Waals surface area (Å²) in [6.45, 7) is 6.11. The Balaban J connectivity index is 2.57. The average molecular weight is 280 g/mol. The van der Waals surface area contributed by atoms with Crippen LogP contribution in [0.5, 0.6) is 0 Å². The number of nitro benzene ring substituents is 1. The number of likely N-dealkylation sites (N-methyl/N-ethyl adjacent to an activating group) is 1. The highest BCUT2D eigenvalue weighted by Crippen LogP contribution is 2.20. The van der Waals surface area contributed by atoms with Crippen LogP contribution in [-0.2, 0) is 6.42 Å². The monoisotopic (exact) mass is 280 g/mol. The second-order valence-corrected chi connectivity index (χ2v) is 4.84. The first-order valence-electron chi connectivity index (χ1n) is 7.21. The molecule has 0 saturated carbocycles. The van der Waals surface area contributed by atoms with E-state index in [0.29, 0.717) is 6.42 Å². The molecule has 1 aromatic rings. The van der Waals surface area contributed by atoms with Gasteiger partial charge in [0.05, 0.1) is 11.5 Å². The van der Waals surface area contributed by atoms with Crippen molar-refractivity contribution in [3.8, 4) is 0 Å². The van der Waals surface area contributed by atoms with E-state index in [0.717, 1.165) is 31.5 Å². The predicted molar refractivity (Wildman–Crippen MR) is 79.8 cm³/mol. The molecule has 5 nitrogen and oxygen atoms in total. The number of hydrogen-bond acceptors (Lipinski definition) is 4. The van der Waals surface area contributed by atoms with E-state index < -0.39 is 0 Å². The van der Waals surface area contributed by atoms with Crippen LogP contribution in [0.15, 0.2) is 24.3 Å². The zero-order valence-electron chi connectivity index (χ0n) is 12.3. The Morgan fingerprint density at radius 1 is 1.30 bits per heavy atom. The molecule has 20 heavy (non-hydrogen) atoms. The van der Waals surface area contributed by atoms with Crippen molar-refractivity contribution in [3.63, 3.8) is 0 Å². The highest BCUT2D eigenvalue weighted by Gasteiger charge is 2.16. The van der Waals surface area contributed by atoms with E-state index in [-0.39, 0.29) is 23.3 Å². The first-order valence-corrected chi connectivity index (χ1v) is 7.21. The highest BCUT2D eigenvalue weighted by molar-refractivity contribution is 5.39. The number of nitro groups is 1. The van der Waals surface area contributed by atoms with Crippen molar-refractivity contribution >= 4 is 5.69 Å². The van der Waals surface area contributed by atoms with Gasteiger partial charge in [-0.15, -0.1) is 0 Å². The van der Waals surface area contributed by atoms with E-state index >= 15 is 0 Å². The van der Waals surface area contributed by atoms with Crippen molar-refractivity contribution in [2.45, 2.75) is 39.2 Å². The first-order chi connectivity index (χ1) is 9.63. The number of aliphatic hydroxyl groups excluding tert-OH is 1. The van der Waals surface area contributed by atoms with Crippen LogP contribution < -0.4 is 0 Å². The summed E-state index contributed by atoms with van der Waals surface area (Å²) in [7, 11) is 0. The Hall–Kier alpha value is -1.46. The van der Waals surface area contributed by atoms with Crippen molar-refractivity contribution in [1.82, 2.24) is 4.90 Å². The minimum Gasteiger partial charge on any atom is -0.395 e. The highest BCUT2D eigenvalue weighted by atomic mass is 16.6. The first kappa shape index (κ1) is 16.6. The Kier molecular flexibility index (Phi) is 7.18. The summed E-state index contributed by atoms with van der Waals surface area (Å²) in [5, 5.41) is 20.4. The molecule has 1 atom stereocenters. The normalized spacial score (nSPS) is 12.6. The third-order valence-corrected chi connectivity index (χ3v) is 3.71. The number of benzene rings is 1. The zero-order valence-corrected chi connectivity index (χ0v) is 12.3. The van der Waals surface area contributed by atoms with Gasteiger partial charge in [-0.1, -0.05) is 32.0 Å². The van der Waals surface area contributed by atoms with Crippen LogP contribution >= 0.6 is 0 Å². The van der Waals surface area contributed by atoms with Gasteiger partial charge in [-0.2, -0.15) is 0 Å². The Morgan fingerprint density at radius 2 is 1.95 bits per heavy atom. The van der Waals surface area contributed by atoms with Gasteiger partial charge in [0, 0.05) is 17.7 Å². The van der Waals surface area contributed by atoms with Gasteiger partial charge in [0.25, 0.3) is 5.69 Å². The molecule has 0 aliphatic carbocycles. The van der Waals surface area contributed by atoms with Crippen LogP contribution in [0.1, 0.15) is 32.3 Å². The summed E-state index contributed by atoms with van der Waals surface area (Å²) >= 11 is 0. The lowest BCUT2D eigenvalue weighted by molar-refractivity contribution is -0.385. The molecule has 0 amide bonds. The van der Waals surface area contributed by atoms with Gasteiger partial charge in [0.15, 0.2) is 0 Å². The molecule has 0 radical (unpaired) electrons. The van der Waals surface area contributed by atoms with Crippen molar-refractivity contribution < 1.29 is 10.0 Å². The summed E-state index contributed by atoms with van der Waals surface area (Å²) in [4.78, 5) is 12.8. The Morgan fingerprint density at radius 3 is 2.50 bits per heavy atom. The van der Waals surface area contributed by atoms with Crippen molar-refractivity contribution in [2.24, 2.45) is 0 Å². The minimum absolute atomic E-state index is 0.137. The second-order valence-electron chi connectivity index (χ2n) is 4.84. The van der Waals surface area contributed by atoms with Crippen LogP contribution in [-0.4, -0.2) is 40.7 Å². The lowest BCUT2D eigenvalue weighted by Crippen LogP contribution is -2.37.